The highest BCUT2D eigenvalue weighted by atomic mass is 19.1. The van der Waals surface area contributed by atoms with E-state index in [1.165, 1.54) is 35.2 Å². The Morgan fingerprint density at radius 3 is 2.29 bits per heavy atom. The Bertz CT molecular complexity index is 1030. The van der Waals surface area contributed by atoms with Crippen molar-refractivity contribution in [2.75, 3.05) is 37.6 Å². The second-order valence-electron chi connectivity index (χ2n) is 8.17. The van der Waals surface area contributed by atoms with Crippen LogP contribution in [0.25, 0.3) is 0 Å². The number of halogens is 2. The lowest BCUT2D eigenvalue weighted by atomic mass is 10.1. The minimum Gasteiger partial charge on any atom is -0.366 e. The predicted octanol–water partition coefficient (Wildman–Crippen LogP) is 2.68. The van der Waals surface area contributed by atoms with E-state index in [1.807, 2.05) is 4.90 Å². The van der Waals surface area contributed by atoms with E-state index < -0.39 is 11.5 Å². The lowest BCUT2D eigenvalue weighted by Gasteiger charge is -2.38. The first-order valence-electron chi connectivity index (χ1n) is 10.2. The Hall–Kier alpha value is -3.29. The number of para-hydroxylation sites is 1. The summed E-state index contributed by atoms with van der Waals surface area (Å²) in [4.78, 5) is 35.4. The molecule has 8 heteroatoms. The number of hydrogen-bond donors (Lipinski definition) is 0. The van der Waals surface area contributed by atoms with E-state index in [0.29, 0.717) is 37.4 Å². The van der Waals surface area contributed by atoms with Crippen LogP contribution in [0.15, 0.2) is 53.5 Å². The van der Waals surface area contributed by atoms with Gasteiger partial charge in [-0.3, -0.25) is 14.6 Å². The normalized spacial score (nSPS) is 18.4. The van der Waals surface area contributed by atoms with Crippen molar-refractivity contribution in [1.29, 1.82) is 0 Å². The molecule has 0 N–H and O–H groups in total. The fourth-order valence-electron chi connectivity index (χ4n) is 3.96. The van der Waals surface area contributed by atoms with Crippen LogP contribution in [0.1, 0.15) is 19.4 Å². The van der Waals surface area contributed by atoms with Gasteiger partial charge >= 0.3 is 0 Å². The second-order valence-corrected chi connectivity index (χ2v) is 8.17. The molecule has 0 bridgehead atoms. The Kier molecular flexibility index (Phi) is 5.47. The summed E-state index contributed by atoms with van der Waals surface area (Å²) in [6.45, 7) is 5.36. The average Bonchev–Trinajstić information content (AvgIpc) is 2.98. The van der Waals surface area contributed by atoms with Crippen LogP contribution in [0.3, 0.4) is 0 Å². The molecule has 0 atom stereocenters. The Labute approximate surface area is 179 Å². The van der Waals surface area contributed by atoms with Crippen LogP contribution < -0.4 is 4.90 Å². The van der Waals surface area contributed by atoms with Crippen molar-refractivity contribution in [2.24, 2.45) is 4.99 Å². The molecule has 1 saturated heterocycles. The van der Waals surface area contributed by atoms with Gasteiger partial charge in [-0.05, 0) is 50.2 Å². The topological polar surface area (TPSA) is 56.2 Å². The van der Waals surface area contributed by atoms with E-state index in [1.54, 1.807) is 36.9 Å². The molecule has 0 saturated carbocycles. The molecular weight excluding hydrogens is 402 g/mol. The third-order valence-corrected chi connectivity index (χ3v) is 5.73. The van der Waals surface area contributed by atoms with Gasteiger partial charge in [0.1, 0.15) is 29.6 Å². The summed E-state index contributed by atoms with van der Waals surface area (Å²) in [7, 11) is 0. The molecule has 1 fully saturated rings. The SMILES string of the molecule is CC1(C)N=C(c2ccc(F)cc2)C(=O)N1CC(=O)N1CCN(c2ccccc2F)CC1. The highest BCUT2D eigenvalue weighted by Crippen LogP contribution is 2.27. The van der Waals surface area contributed by atoms with Crippen molar-refractivity contribution in [1.82, 2.24) is 9.80 Å². The van der Waals surface area contributed by atoms with Crippen molar-refractivity contribution in [3.63, 3.8) is 0 Å². The Balaban J connectivity index is 1.40. The van der Waals surface area contributed by atoms with Gasteiger partial charge in [-0.15, -0.1) is 0 Å². The van der Waals surface area contributed by atoms with E-state index in [0.717, 1.165) is 0 Å². The summed E-state index contributed by atoms with van der Waals surface area (Å²) in [5, 5.41) is 0. The van der Waals surface area contributed by atoms with Crippen LogP contribution in [-0.4, -0.2) is 65.7 Å². The molecule has 2 aliphatic rings. The van der Waals surface area contributed by atoms with Gasteiger partial charge in [0.15, 0.2) is 0 Å². The van der Waals surface area contributed by atoms with E-state index >= 15 is 0 Å². The molecule has 0 aliphatic carbocycles. The van der Waals surface area contributed by atoms with Crippen LogP contribution in [-0.2, 0) is 9.59 Å². The minimum absolute atomic E-state index is 0.0975. The van der Waals surface area contributed by atoms with Gasteiger partial charge < -0.3 is 14.7 Å². The summed E-state index contributed by atoms with van der Waals surface area (Å²) < 4.78 is 27.3. The first kappa shape index (κ1) is 21.0. The van der Waals surface area contributed by atoms with Gasteiger partial charge in [-0.2, -0.15) is 0 Å². The summed E-state index contributed by atoms with van der Waals surface area (Å²) in [5.74, 6) is -1.20. The van der Waals surface area contributed by atoms with Gasteiger partial charge in [0, 0.05) is 31.7 Å². The van der Waals surface area contributed by atoms with Crippen LogP contribution in [0.4, 0.5) is 14.5 Å². The molecule has 2 amide bonds. The second kappa shape index (κ2) is 8.09. The van der Waals surface area contributed by atoms with E-state index in [2.05, 4.69) is 4.99 Å². The fraction of sp³-hybridized carbons (Fsp3) is 0.348. The number of aliphatic imine (C=N–C) groups is 1. The van der Waals surface area contributed by atoms with E-state index in [-0.39, 0.29) is 29.9 Å². The maximum Gasteiger partial charge on any atom is 0.275 e. The maximum absolute atomic E-state index is 14.0. The molecule has 2 aromatic rings. The highest BCUT2D eigenvalue weighted by Gasteiger charge is 2.42. The number of nitrogens with zero attached hydrogens (tertiary/aromatic N) is 4. The lowest BCUT2D eigenvalue weighted by molar-refractivity contribution is -0.140. The molecule has 0 aromatic heterocycles. The Morgan fingerprint density at radius 2 is 1.65 bits per heavy atom. The van der Waals surface area contributed by atoms with Gasteiger partial charge in [0.2, 0.25) is 5.91 Å². The molecule has 0 unspecified atom stereocenters. The van der Waals surface area contributed by atoms with Crippen molar-refractivity contribution >= 4 is 23.2 Å². The van der Waals surface area contributed by atoms with E-state index in [9.17, 15) is 18.4 Å². The van der Waals surface area contributed by atoms with Crippen LogP contribution >= 0.6 is 0 Å². The van der Waals surface area contributed by atoms with Gasteiger partial charge in [-0.1, -0.05) is 12.1 Å². The number of carbonyl (C=O) groups excluding carboxylic acids is 2. The zero-order valence-corrected chi connectivity index (χ0v) is 17.5. The summed E-state index contributed by atoms with van der Waals surface area (Å²) in [5.41, 5.74) is 0.392. The molecule has 2 aliphatic heterocycles. The number of benzene rings is 2. The molecule has 6 nitrogen and oxygen atoms in total. The zero-order valence-electron chi connectivity index (χ0n) is 17.5. The quantitative estimate of drug-likeness (QED) is 0.756. The number of anilines is 1. The number of carbonyl (C=O) groups is 2. The maximum atomic E-state index is 14.0. The van der Waals surface area contributed by atoms with Gasteiger partial charge in [0.25, 0.3) is 5.91 Å². The summed E-state index contributed by atoms with van der Waals surface area (Å²) in [6.07, 6.45) is 0. The number of piperazine rings is 1. The number of amides is 2. The molecule has 2 heterocycles. The third-order valence-electron chi connectivity index (χ3n) is 5.73. The molecular formula is C23H24F2N4O2. The lowest BCUT2D eigenvalue weighted by Crippen LogP contribution is -2.54. The number of hydrogen-bond acceptors (Lipinski definition) is 4. The molecule has 162 valence electrons. The molecule has 0 spiro atoms. The van der Waals surface area contributed by atoms with Crippen LogP contribution in [0, 0.1) is 11.6 Å². The third kappa shape index (κ3) is 4.15. The van der Waals surface area contributed by atoms with Gasteiger partial charge in [-0.25, -0.2) is 8.78 Å². The molecule has 0 radical (unpaired) electrons. The van der Waals surface area contributed by atoms with Crippen LogP contribution in [0.5, 0.6) is 0 Å². The Morgan fingerprint density at radius 1 is 1.00 bits per heavy atom. The van der Waals surface area contributed by atoms with Crippen molar-refractivity contribution in [3.8, 4) is 0 Å². The number of rotatable bonds is 4. The van der Waals surface area contributed by atoms with Crippen molar-refractivity contribution in [2.45, 2.75) is 19.5 Å². The smallest absolute Gasteiger partial charge is 0.275 e. The highest BCUT2D eigenvalue weighted by molar-refractivity contribution is 6.46. The molecule has 2 aromatic carbocycles. The van der Waals surface area contributed by atoms with Crippen LogP contribution in [0.2, 0.25) is 0 Å². The standard InChI is InChI=1S/C23H24F2N4O2/c1-23(2)26-21(16-7-9-17(24)10-8-16)22(31)29(23)15-20(30)28-13-11-27(12-14-28)19-6-4-3-5-18(19)25/h3-10H,11-15H2,1-2H3. The van der Waals surface area contributed by atoms with E-state index in [4.69, 9.17) is 0 Å². The first-order valence-corrected chi connectivity index (χ1v) is 10.2. The summed E-state index contributed by atoms with van der Waals surface area (Å²) >= 11 is 0. The summed E-state index contributed by atoms with van der Waals surface area (Å²) in [6, 6.07) is 12.2. The van der Waals surface area contributed by atoms with Gasteiger partial charge in [0.05, 0.1) is 5.69 Å². The first-order chi connectivity index (χ1) is 14.8. The van der Waals surface area contributed by atoms with Crippen molar-refractivity contribution < 1.29 is 18.4 Å². The molecule has 4 rings (SSSR count). The fourth-order valence-corrected chi connectivity index (χ4v) is 3.96. The minimum atomic E-state index is -0.883. The largest absolute Gasteiger partial charge is 0.366 e. The monoisotopic (exact) mass is 426 g/mol. The zero-order chi connectivity index (χ0) is 22.2. The van der Waals surface area contributed by atoms with Crippen molar-refractivity contribution in [3.05, 3.63) is 65.7 Å². The average molecular weight is 426 g/mol. The predicted molar refractivity (Wildman–Crippen MR) is 114 cm³/mol. The molecule has 31 heavy (non-hydrogen) atoms.